The molecule has 0 aliphatic heterocycles. The molecular weight excluding hydrogens is 266 g/mol. The third-order valence-electron chi connectivity index (χ3n) is 5.27. The maximum absolute atomic E-state index is 11.4. The van der Waals surface area contributed by atoms with Gasteiger partial charge in [-0.2, -0.15) is 0 Å². The van der Waals surface area contributed by atoms with E-state index < -0.39 is 5.60 Å². The molecule has 3 heteroatoms. The van der Waals surface area contributed by atoms with Crippen molar-refractivity contribution in [3.63, 3.8) is 0 Å². The Morgan fingerprint density at radius 2 is 1.80 bits per heavy atom. The van der Waals surface area contributed by atoms with E-state index in [1.807, 2.05) is 11.7 Å². The minimum Gasteiger partial charge on any atom is -0.389 e. The van der Waals surface area contributed by atoms with Crippen molar-refractivity contribution in [3.8, 4) is 0 Å². The Morgan fingerprint density at radius 3 is 2.35 bits per heavy atom. The third-order valence-corrected chi connectivity index (χ3v) is 6.05. The van der Waals surface area contributed by atoms with E-state index in [1.54, 1.807) is 11.3 Å². The van der Waals surface area contributed by atoms with Crippen LogP contribution < -0.4 is 0 Å². The van der Waals surface area contributed by atoms with E-state index in [2.05, 4.69) is 29.2 Å². The van der Waals surface area contributed by atoms with Crippen molar-refractivity contribution < 1.29 is 5.11 Å². The van der Waals surface area contributed by atoms with Crippen molar-refractivity contribution in [2.24, 2.45) is 11.8 Å². The van der Waals surface area contributed by atoms with Crippen LogP contribution in [0.4, 0.5) is 0 Å². The summed E-state index contributed by atoms with van der Waals surface area (Å²) in [4.78, 5) is 5.38. The second-order valence-corrected chi connectivity index (χ2v) is 7.25. The standard InChI is InChI=1S/C17H19NOS/c19-17(9-16-10-18-11-20-16)14-5-6-15(17)8-13-4-2-1-3-12(13)7-14/h1-4,10-11,14-15,19H,5-9H2. The van der Waals surface area contributed by atoms with E-state index >= 15 is 0 Å². The first-order valence-corrected chi connectivity index (χ1v) is 8.30. The van der Waals surface area contributed by atoms with Gasteiger partial charge in [-0.1, -0.05) is 24.3 Å². The van der Waals surface area contributed by atoms with Crippen LogP contribution >= 0.6 is 11.3 Å². The molecule has 0 spiro atoms. The SMILES string of the molecule is OC1(Cc2cncs2)C2CCC1Cc1ccccc1C2. The average molecular weight is 285 g/mol. The molecule has 2 unspecified atom stereocenters. The van der Waals surface area contributed by atoms with E-state index in [0.717, 1.165) is 32.1 Å². The highest BCUT2D eigenvalue weighted by Gasteiger charge is 2.50. The summed E-state index contributed by atoms with van der Waals surface area (Å²) < 4.78 is 0. The molecule has 2 aliphatic carbocycles. The highest BCUT2D eigenvalue weighted by Crippen LogP contribution is 2.48. The Labute approximate surface area is 123 Å². The van der Waals surface area contributed by atoms with E-state index in [0.29, 0.717) is 11.8 Å². The zero-order valence-electron chi connectivity index (χ0n) is 11.5. The molecule has 0 saturated heterocycles. The van der Waals surface area contributed by atoms with Crippen LogP contribution in [0.1, 0.15) is 28.8 Å². The van der Waals surface area contributed by atoms with Gasteiger partial charge < -0.3 is 5.11 Å². The van der Waals surface area contributed by atoms with Gasteiger partial charge in [0.1, 0.15) is 0 Å². The van der Waals surface area contributed by atoms with Crippen LogP contribution in [-0.2, 0) is 19.3 Å². The van der Waals surface area contributed by atoms with Crippen molar-refractivity contribution in [2.75, 3.05) is 0 Å². The summed E-state index contributed by atoms with van der Waals surface area (Å²) in [6.07, 6.45) is 7.08. The molecule has 2 aromatic rings. The Balaban J connectivity index is 1.69. The highest BCUT2D eigenvalue weighted by atomic mass is 32.1. The molecule has 0 amide bonds. The topological polar surface area (TPSA) is 33.1 Å². The van der Waals surface area contributed by atoms with Crippen LogP contribution in [-0.4, -0.2) is 15.7 Å². The number of aromatic nitrogens is 1. The first-order valence-electron chi connectivity index (χ1n) is 7.42. The molecule has 4 rings (SSSR count). The summed E-state index contributed by atoms with van der Waals surface area (Å²) in [6, 6.07) is 8.73. The van der Waals surface area contributed by atoms with Gasteiger partial charge in [0.25, 0.3) is 0 Å². The highest BCUT2D eigenvalue weighted by molar-refractivity contribution is 7.09. The minimum absolute atomic E-state index is 0.401. The number of aliphatic hydroxyl groups is 1. The van der Waals surface area contributed by atoms with Crippen molar-refractivity contribution >= 4 is 11.3 Å². The lowest BCUT2D eigenvalue weighted by Gasteiger charge is -2.33. The van der Waals surface area contributed by atoms with Gasteiger partial charge in [0.15, 0.2) is 0 Å². The molecule has 1 heterocycles. The van der Waals surface area contributed by atoms with Crippen LogP contribution in [0.25, 0.3) is 0 Å². The summed E-state index contributed by atoms with van der Waals surface area (Å²) in [5.41, 5.74) is 4.22. The van der Waals surface area contributed by atoms with E-state index in [4.69, 9.17) is 0 Å². The molecule has 104 valence electrons. The van der Waals surface area contributed by atoms with Gasteiger partial charge in [0, 0.05) is 17.5 Å². The minimum atomic E-state index is -0.536. The first-order chi connectivity index (χ1) is 9.75. The molecule has 20 heavy (non-hydrogen) atoms. The van der Waals surface area contributed by atoms with Crippen molar-refractivity contribution in [2.45, 2.75) is 37.7 Å². The summed E-state index contributed by atoms with van der Waals surface area (Å²) in [6.45, 7) is 0. The zero-order valence-corrected chi connectivity index (χ0v) is 12.3. The molecule has 2 atom stereocenters. The number of benzene rings is 1. The Bertz CT molecular complexity index is 574. The lowest BCUT2D eigenvalue weighted by Crippen LogP contribution is -2.42. The fourth-order valence-corrected chi connectivity index (χ4v) is 4.87. The molecular formula is C17H19NOS. The third kappa shape index (κ3) is 1.92. The van der Waals surface area contributed by atoms with Crippen LogP contribution in [0.5, 0.6) is 0 Å². The van der Waals surface area contributed by atoms with Gasteiger partial charge in [0.05, 0.1) is 11.1 Å². The maximum atomic E-state index is 11.4. The monoisotopic (exact) mass is 285 g/mol. The summed E-state index contributed by atoms with van der Waals surface area (Å²) >= 11 is 1.67. The number of fused-ring (bicyclic) bond motifs is 3. The van der Waals surface area contributed by atoms with Gasteiger partial charge in [-0.3, -0.25) is 4.98 Å². The van der Waals surface area contributed by atoms with Crippen LogP contribution in [0.2, 0.25) is 0 Å². The summed E-state index contributed by atoms with van der Waals surface area (Å²) in [5.74, 6) is 0.802. The Kier molecular flexibility index (Phi) is 2.93. The van der Waals surface area contributed by atoms with Gasteiger partial charge in [0.2, 0.25) is 0 Å². The molecule has 1 N–H and O–H groups in total. The quantitative estimate of drug-likeness (QED) is 0.919. The lowest BCUT2D eigenvalue weighted by molar-refractivity contribution is -0.0323. The van der Waals surface area contributed by atoms with Crippen molar-refractivity contribution in [3.05, 3.63) is 52.0 Å². The predicted octanol–water partition coefficient (Wildman–Crippen LogP) is 3.24. The molecule has 0 radical (unpaired) electrons. The van der Waals surface area contributed by atoms with Gasteiger partial charge in [-0.25, -0.2) is 0 Å². The zero-order chi connectivity index (χ0) is 13.6. The molecule has 2 nitrogen and oxygen atoms in total. The van der Waals surface area contributed by atoms with Crippen molar-refractivity contribution in [1.29, 1.82) is 0 Å². The number of hydrogen-bond donors (Lipinski definition) is 1. The maximum Gasteiger partial charge on any atom is 0.0794 e. The molecule has 1 saturated carbocycles. The average Bonchev–Trinajstić information content (AvgIpc) is 2.98. The lowest BCUT2D eigenvalue weighted by atomic mass is 9.79. The van der Waals surface area contributed by atoms with Gasteiger partial charge in [-0.15, -0.1) is 11.3 Å². The van der Waals surface area contributed by atoms with E-state index in [9.17, 15) is 5.11 Å². The fraction of sp³-hybridized carbons (Fsp3) is 0.471. The molecule has 1 aromatic carbocycles. The summed E-state index contributed by atoms with van der Waals surface area (Å²) in [5, 5.41) is 11.4. The number of hydrogen-bond acceptors (Lipinski definition) is 3. The van der Waals surface area contributed by atoms with Crippen LogP contribution in [0.15, 0.2) is 36.0 Å². The largest absolute Gasteiger partial charge is 0.389 e. The summed E-state index contributed by atoms with van der Waals surface area (Å²) in [7, 11) is 0. The second kappa shape index (κ2) is 4.68. The Morgan fingerprint density at radius 1 is 1.15 bits per heavy atom. The van der Waals surface area contributed by atoms with Crippen LogP contribution in [0.3, 0.4) is 0 Å². The predicted molar refractivity (Wildman–Crippen MR) is 80.8 cm³/mol. The van der Waals surface area contributed by atoms with Crippen LogP contribution in [0, 0.1) is 11.8 Å². The number of thiazole rings is 1. The first kappa shape index (κ1) is 12.5. The molecule has 2 bridgehead atoms. The molecule has 1 aromatic heterocycles. The van der Waals surface area contributed by atoms with E-state index in [-0.39, 0.29) is 0 Å². The number of rotatable bonds is 2. The van der Waals surface area contributed by atoms with Gasteiger partial charge in [-0.05, 0) is 48.6 Å². The van der Waals surface area contributed by atoms with Crippen molar-refractivity contribution in [1.82, 2.24) is 4.98 Å². The second-order valence-electron chi connectivity index (χ2n) is 6.28. The normalized spacial score (nSPS) is 31.9. The molecule has 1 fully saturated rings. The smallest absolute Gasteiger partial charge is 0.0794 e. The van der Waals surface area contributed by atoms with Gasteiger partial charge >= 0.3 is 0 Å². The molecule has 2 aliphatic rings. The van der Waals surface area contributed by atoms with E-state index in [1.165, 1.54) is 16.0 Å². The number of nitrogens with zero attached hydrogens (tertiary/aromatic N) is 1. The fourth-order valence-electron chi connectivity index (χ4n) is 4.18. The Hall–Kier alpha value is -1.19.